The standard InChI is InChI=1S/C12H14F3N3O3/c1-11(2)10(20)17-5-6-18(11)9(19)7-21-8(3-4-16)12(13,14)15/h3H,5-7H2,1-2H3,(H,17,20)/b8-3-. The predicted molar refractivity (Wildman–Crippen MR) is 64.5 cm³/mol. The Morgan fingerprint density at radius 1 is 1.57 bits per heavy atom. The molecule has 1 N–H and O–H groups in total. The fourth-order valence-corrected chi connectivity index (χ4v) is 1.82. The number of halogens is 3. The summed E-state index contributed by atoms with van der Waals surface area (Å²) in [6.45, 7) is 2.45. The van der Waals surface area contributed by atoms with Crippen molar-refractivity contribution < 1.29 is 27.5 Å². The van der Waals surface area contributed by atoms with E-state index in [1.165, 1.54) is 19.9 Å². The Labute approximate surface area is 119 Å². The summed E-state index contributed by atoms with van der Waals surface area (Å²) in [5.41, 5.74) is -1.17. The summed E-state index contributed by atoms with van der Waals surface area (Å²) in [5.74, 6) is -2.70. The zero-order chi connectivity index (χ0) is 16.3. The third kappa shape index (κ3) is 3.87. The molecule has 1 aliphatic rings. The number of allylic oxidation sites excluding steroid dienone is 2. The van der Waals surface area contributed by atoms with E-state index >= 15 is 0 Å². The van der Waals surface area contributed by atoms with E-state index < -0.39 is 35.9 Å². The van der Waals surface area contributed by atoms with Gasteiger partial charge in [0, 0.05) is 13.1 Å². The lowest BCUT2D eigenvalue weighted by molar-refractivity contribution is -0.157. The van der Waals surface area contributed by atoms with Crippen molar-refractivity contribution in [1.82, 2.24) is 10.2 Å². The summed E-state index contributed by atoms with van der Waals surface area (Å²) in [7, 11) is 0. The zero-order valence-corrected chi connectivity index (χ0v) is 11.5. The van der Waals surface area contributed by atoms with Gasteiger partial charge in [-0.3, -0.25) is 9.59 Å². The van der Waals surface area contributed by atoms with Gasteiger partial charge in [-0.2, -0.15) is 18.4 Å². The van der Waals surface area contributed by atoms with E-state index in [4.69, 9.17) is 5.26 Å². The Kier molecular flexibility index (Phi) is 4.83. The number of hydrogen-bond donors (Lipinski definition) is 1. The van der Waals surface area contributed by atoms with Crippen molar-refractivity contribution in [3.8, 4) is 6.07 Å². The van der Waals surface area contributed by atoms with Crippen LogP contribution in [0.2, 0.25) is 0 Å². The van der Waals surface area contributed by atoms with Gasteiger partial charge < -0.3 is 15.0 Å². The minimum absolute atomic E-state index is 0.171. The molecule has 0 aromatic rings. The second-order valence-corrected chi connectivity index (χ2v) is 4.78. The summed E-state index contributed by atoms with van der Waals surface area (Å²) >= 11 is 0. The Hall–Kier alpha value is -2.24. The summed E-state index contributed by atoms with van der Waals surface area (Å²) < 4.78 is 41.8. The maximum atomic E-state index is 12.5. The van der Waals surface area contributed by atoms with Crippen LogP contribution in [0.15, 0.2) is 11.8 Å². The number of alkyl halides is 3. The normalized spacial score (nSPS) is 18.8. The van der Waals surface area contributed by atoms with Crippen LogP contribution in [-0.4, -0.2) is 48.1 Å². The molecule has 0 aliphatic carbocycles. The number of hydrogen-bond acceptors (Lipinski definition) is 4. The second kappa shape index (κ2) is 6.03. The molecule has 1 aliphatic heterocycles. The van der Waals surface area contributed by atoms with E-state index in [0.29, 0.717) is 0 Å². The van der Waals surface area contributed by atoms with Gasteiger partial charge in [-0.05, 0) is 13.8 Å². The van der Waals surface area contributed by atoms with Crippen molar-refractivity contribution in [1.29, 1.82) is 5.26 Å². The van der Waals surface area contributed by atoms with Crippen LogP contribution in [0, 0.1) is 11.3 Å². The summed E-state index contributed by atoms with van der Waals surface area (Å²) in [4.78, 5) is 24.7. The molecule has 0 spiro atoms. The van der Waals surface area contributed by atoms with Crippen molar-refractivity contribution in [2.45, 2.75) is 25.6 Å². The lowest BCUT2D eigenvalue weighted by Gasteiger charge is -2.41. The summed E-state index contributed by atoms with van der Waals surface area (Å²) in [6.07, 6.45) is -4.67. The first-order valence-corrected chi connectivity index (χ1v) is 5.99. The molecule has 116 valence electrons. The molecule has 0 aromatic heterocycles. The number of nitriles is 1. The smallest absolute Gasteiger partial charge is 0.449 e. The molecule has 0 aromatic carbocycles. The first-order chi connectivity index (χ1) is 9.60. The molecule has 0 saturated carbocycles. The monoisotopic (exact) mass is 305 g/mol. The van der Waals surface area contributed by atoms with Gasteiger partial charge in [0.25, 0.3) is 5.91 Å². The predicted octanol–water partition coefficient (Wildman–Crippen LogP) is 0.710. The zero-order valence-electron chi connectivity index (χ0n) is 11.5. The fourth-order valence-electron chi connectivity index (χ4n) is 1.82. The van der Waals surface area contributed by atoms with Gasteiger partial charge in [0.1, 0.15) is 5.54 Å². The van der Waals surface area contributed by atoms with Crippen molar-refractivity contribution in [3.05, 3.63) is 11.8 Å². The molecule has 0 unspecified atom stereocenters. The fraction of sp³-hybridized carbons (Fsp3) is 0.583. The Bertz CT molecular complexity index is 506. The molecule has 1 rings (SSSR count). The number of carbonyl (C=O) groups excluding carboxylic acids is 2. The lowest BCUT2D eigenvalue weighted by atomic mass is 9.99. The van der Waals surface area contributed by atoms with Gasteiger partial charge in [-0.15, -0.1) is 0 Å². The molecule has 9 heteroatoms. The number of piperazine rings is 1. The van der Waals surface area contributed by atoms with E-state index in [9.17, 15) is 22.8 Å². The number of amides is 2. The molecule has 0 bridgehead atoms. The minimum Gasteiger partial charge on any atom is -0.478 e. The number of ether oxygens (including phenoxy) is 1. The topological polar surface area (TPSA) is 82.4 Å². The number of nitrogens with zero attached hydrogens (tertiary/aromatic N) is 2. The first kappa shape index (κ1) is 16.8. The van der Waals surface area contributed by atoms with E-state index in [0.717, 1.165) is 4.90 Å². The van der Waals surface area contributed by atoms with E-state index in [-0.39, 0.29) is 19.2 Å². The van der Waals surface area contributed by atoms with Gasteiger partial charge in [-0.1, -0.05) is 0 Å². The maximum Gasteiger partial charge on any atom is 0.449 e. The van der Waals surface area contributed by atoms with Crippen LogP contribution in [-0.2, 0) is 14.3 Å². The van der Waals surface area contributed by atoms with Gasteiger partial charge in [0.2, 0.25) is 11.7 Å². The highest BCUT2D eigenvalue weighted by Gasteiger charge is 2.41. The van der Waals surface area contributed by atoms with Crippen molar-refractivity contribution in [2.24, 2.45) is 0 Å². The molecule has 1 saturated heterocycles. The molecular formula is C12H14F3N3O3. The summed E-state index contributed by atoms with van der Waals surface area (Å²) in [6, 6.07) is 1.20. The molecule has 21 heavy (non-hydrogen) atoms. The lowest BCUT2D eigenvalue weighted by Crippen LogP contribution is -2.64. The Balaban J connectivity index is 2.76. The highest BCUT2D eigenvalue weighted by Crippen LogP contribution is 2.26. The Morgan fingerprint density at radius 2 is 2.19 bits per heavy atom. The molecule has 6 nitrogen and oxygen atoms in total. The minimum atomic E-state index is -4.86. The van der Waals surface area contributed by atoms with Crippen molar-refractivity contribution in [3.63, 3.8) is 0 Å². The second-order valence-electron chi connectivity index (χ2n) is 4.78. The van der Waals surface area contributed by atoms with Gasteiger partial charge in [0.15, 0.2) is 6.61 Å². The van der Waals surface area contributed by atoms with Gasteiger partial charge >= 0.3 is 6.18 Å². The van der Waals surface area contributed by atoms with Crippen LogP contribution in [0.1, 0.15) is 13.8 Å². The SMILES string of the molecule is CC1(C)C(=O)NCCN1C(=O)CO/C(=C\C#N)C(F)(F)F. The first-order valence-electron chi connectivity index (χ1n) is 5.99. The highest BCUT2D eigenvalue weighted by molar-refractivity contribution is 5.92. The van der Waals surface area contributed by atoms with Crippen LogP contribution in [0.4, 0.5) is 13.2 Å². The molecule has 0 radical (unpaired) electrons. The molecule has 2 amide bonds. The van der Waals surface area contributed by atoms with Crippen LogP contribution in [0.25, 0.3) is 0 Å². The highest BCUT2D eigenvalue weighted by atomic mass is 19.4. The van der Waals surface area contributed by atoms with Crippen LogP contribution < -0.4 is 5.32 Å². The average Bonchev–Trinajstić information content (AvgIpc) is 2.36. The third-order valence-corrected chi connectivity index (χ3v) is 2.98. The van der Waals surface area contributed by atoms with E-state index in [1.807, 2.05) is 0 Å². The quantitative estimate of drug-likeness (QED) is 0.615. The number of carbonyl (C=O) groups is 2. The van der Waals surface area contributed by atoms with Crippen LogP contribution in [0.3, 0.4) is 0 Å². The molecule has 1 heterocycles. The maximum absolute atomic E-state index is 12.5. The molecular weight excluding hydrogens is 291 g/mol. The van der Waals surface area contributed by atoms with E-state index in [2.05, 4.69) is 10.1 Å². The number of rotatable bonds is 3. The van der Waals surface area contributed by atoms with Crippen molar-refractivity contribution >= 4 is 11.8 Å². The average molecular weight is 305 g/mol. The van der Waals surface area contributed by atoms with Crippen LogP contribution >= 0.6 is 0 Å². The van der Waals surface area contributed by atoms with Gasteiger partial charge in [-0.25, -0.2) is 0 Å². The largest absolute Gasteiger partial charge is 0.478 e. The van der Waals surface area contributed by atoms with Crippen LogP contribution in [0.5, 0.6) is 0 Å². The van der Waals surface area contributed by atoms with Crippen molar-refractivity contribution in [2.75, 3.05) is 19.7 Å². The summed E-state index contributed by atoms with van der Waals surface area (Å²) in [5, 5.41) is 10.8. The third-order valence-electron chi connectivity index (χ3n) is 2.98. The van der Waals surface area contributed by atoms with E-state index in [1.54, 1.807) is 0 Å². The molecule has 0 atom stereocenters. The van der Waals surface area contributed by atoms with Gasteiger partial charge in [0.05, 0.1) is 12.1 Å². The number of nitrogens with one attached hydrogen (secondary N) is 1. The Morgan fingerprint density at radius 3 is 2.71 bits per heavy atom. The molecule has 1 fully saturated rings.